The molecule has 0 saturated carbocycles. The summed E-state index contributed by atoms with van der Waals surface area (Å²) in [6.45, 7) is 0. The Labute approximate surface area is 76.2 Å². The fraction of sp³-hybridized carbons (Fsp3) is 0.167. The second-order valence-electron chi connectivity index (χ2n) is 2.54. The van der Waals surface area contributed by atoms with Crippen molar-refractivity contribution in [2.45, 2.75) is 0 Å². The monoisotopic (exact) mass is 200 g/mol. The van der Waals surface area contributed by atoms with Gasteiger partial charge in [-0.2, -0.15) is 4.98 Å². The molecule has 0 aliphatic rings. The van der Waals surface area contributed by atoms with E-state index in [4.69, 9.17) is 11.6 Å². The summed E-state index contributed by atoms with van der Waals surface area (Å²) in [7, 11) is 1.50. The van der Waals surface area contributed by atoms with Crippen molar-refractivity contribution in [3.63, 3.8) is 0 Å². The number of fused-ring (bicyclic) bond motifs is 1. The highest BCUT2D eigenvalue weighted by atomic mass is 35.5. The van der Waals surface area contributed by atoms with Crippen LogP contribution in [0.25, 0.3) is 11.2 Å². The summed E-state index contributed by atoms with van der Waals surface area (Å²) in [6, 6.07) is 0. The highest BCUT2D eigenvalue weighted by Crippen LogP contribution is 2.06. The maximum Gasteiger partial charge on any atom is 0.329 e. The summed E-state index contributed by atoms with van der Waals surface area (Å²) in [6.07, 6.45) is 0. The predicted octanol–water partition coefficient (Wildman–Crippen LogP) is -0.397. The van der Waals surface area contributed by atoms with Gasteiger partial charge in [-0.05, 0) is 11.6 Å². The minimum absolute atomic E-state index is 0.0849. The zero-order chi connectivity index (χ0) is 9.59. The van der Waals surface area contributed by atoms with E-state index in [-0.39, 0.29) is 16.4 Å². The van der Waals surface area contributed by atoms with Crippen molar-refractivity contribution in [2.75, 3.05) is 0 Å². The third-order valence-corrected chi connectivity index (χ3v) is 1.90. The molecule has 0 amide bonds. The Bertz CT molecular complexity index is 578. The van der Waals surface area contributed by atoms with Gasteiger partial charge in [0.25, 0.3) is 5.56 Å². The quantitative estimate of drug-likeness (QED) is 0.568. The van der Waals surface area contributed by atoms with Gasteiger partial charge < -0.3 is 4.98 Å². The van der Waals surface area contributed by atoms with Crippen LogP contribution in [0.4, 0.5) is 0 Å². The van der Waals surface area contributed by atoms with Gasteiger partial charge in [-0.3, -0.25) is 14.3 Å². The fourth-order valence-electron chi connectivity index (χ4n) is 1.08. The number of aryl methyl sites for hydroxylation is 1. The molecule has 0 radical (unpaired) electrons. The molecule has 0 bridgehead atoms. The van der Waals surface area contributed by atoms with Crippen LogP contribution in [0.15, 0.2) is 9.59 Å². The number of imidazole rings is 1. The molecular weight excluding hydrogens is 196 g/mol. The first kappa shape index (κ1) is 8.06. The second-order valence-corrected chi connectivity index (χ2v) is 2.90. The number of aromatic amines is 2. The number of H-pyrrole nitrogens is 2. The molecule has 7 heteroatoms. The molecule has 6 nitrogen and oxygen atoms in total. The Kier molecular flexibility index (Phi) is 1.53. The molecule has 0 aliphatic heterocycles. The van der Waals surface area contributed by atoms with Gasteiger partial charge in [0.2, 0.25) is 5.28 Å². The summed E-state index contributed by atoms with van der Waals surface area (Å²) < 4.78 is 1.21. The molecule has 2 aromatic rings. The molecular formula is C6H5ClN4O2. The van der Waals surface area contributed by atoms with Crippen LogP contribution in [-0.4, -0.2) is 19.5 Å². The molecule has 2 aromatic heterocycles. The van der Waals surface area contributed by atoms with Gasteiger partial charge in [-0.1, -0.05) is 0 Å². The normalized spacial score (nSPS) is 10.9. The molecule has 0 atom stereocenters. The Morgan fingerprint density at radius 1 is 1.38 bits per heavy atom. The Morgan fingerprint density at radius 3 is 2.77 bits per heavy atom. The van der Waals surface area contributed by atoms with Gasteiger partial charge in [0, 0.05) is 7.05 Å². The molecule has 0 spiro atoms. The van der Waals surface area contributed by atoms with Crippen LogP contribution < -0.4 is 11.2 Å². The van der Waals surface area contributed by atoms with Crippen LogP contribution in [0, 0.1) is 0 Å². The van der Waals surface area contributed by atoms with Crippen LogP contribution in [0.3, 0.4) is 0 Å². The van der Waals surface area contributed by atoms with E-state index in [1.165, 1.54) is 11.6 Å². The highest BCUT2D eigenvalue weighted by Gasteiger charge is 2.08. The lowest BCUT2D eigenvalue weighted by atomic mass is 10.5. The van der Waals surface area contributed by atoms with Crippen molar-refractivity contribution in [1.29, 1.82) is 0 Å². The molecule has 0 aliphatic carbocycles. The van der Waals surface area contributed by atoms with E-state index >= 15 is 0 Å². The Hall–Kier alpha value is -1.56. The first-order valence-corrected chi connectivity index (χ1v) is 3.82. The van der Waals surface area contributed by atoms with E-state index in [0.29, 0.717) is 0 Å². The summed E-state index contributed by atoms with van der Waals surface area (Å²) in [5.41, 5.74) is -0.580. The van der Waals surface area contributed by atoms with E-state index in [0.717, 1.165) is 0 Å². The van der Waals surface area contributed by atoms with E-state index in [2.05, 4.69) is 15.0 Å². The van der Waals surface area contributed by atoms with E-state index < -0.39 is 11.2 Å². The molecule has 68 valence electrons. The van der Waals surface area contributed by atoms with Gasteiger partial charge in [0.15, 0.2) is 11.2 Å². The Morgan fingerprint density at radius 2 is 2.08 bits per heavy atom. The molecule has 0 fully saturated rings. The number of halogens is 1. The summed E-state index contributed by atoms with van der Waals surface area (Å²) in [5, 5.41) is 0.0849. The van der Waals surface area contributed by atoms with Crippen molar-refractivity contribution in [2.24, 2.45) is 7.05 Å². The number of aromatic nitrogens is 4. The summed E-state index contributed by atoms with van der Waals surface area (Å²) in [4.78, 5) is 30.7. The van der Waals surface area contributed by atoms with Crippen molar-refractivity contribution in [1.82, 2.24) is 19.5 Å². The van der Waals surface area contributed by atoms with Crippen LogP contribution in [0.2, 0.25) is 5.28 Å². The molecule has 0 unspecified atom stereocenters. The molecule has 0 aromatic carbocycles. The lowest BCUT2D eigenvalue weighted by molar-refractivity contribution is 0.832. The SMILES string of the molecule is Cn1c(=O)[nH]c(=O)c2[nH]c(Cl)nc21. The second kappa shape index (κ2) is 2.46. The van der Waals surface area contributed by atoms with Gasteiger partial charge in [-0.25, -0.2) is 4.79 Å². The van der Waals surface area contributed by atoms with Crippen molar-refractivity contribution in [3.05, 3.63) is 26.1 Å². The van der Waals surface area contributed by atoms with E-state index in [9.17, 15) is 9.59 Å². The standard InChI is InChI=1S/C6H5ClN4O2/c1-11-3-2(8-5(7)9-3)4(12)10-6(11)13/h1H3,(H,8,9)(H,10,12,13). The minimum Gasteiger partial charge on any atom is -0.323 e. The summed E-state index contributed by atoms with van der Waals surface area (Å²) >= 11 is 5.54. The zero-order valence-corrected chi connectivity index (χ0v) is 7.34. The number of rotatable bonds is 0. The lowest BCUT2D eigenvalue weighted by Crippen LogP contribution is -2.28. The molecule has 13 heavy (non-hydrogen) atoms. The molecule has 2 rings (SSSR count). The fourth-order valence-corrected chi connectivity index (χ4v) is 1.25. The van der Waals surface area contributed by atoms with Crippen LogP contribution >= 0.6 is 11.6 Å². The predicted molar refractivity (Wildman–Crippen MR) is 47.0 cm³/mol. The number of nitrogens with one attached hydrogen (secondary N) is 2. The summed E-state index contributed by atoms with van der Waals surface area (Å²) in [5.74, 6) is 0. The smallest absolute Gasteiger partial charge is 0.323 e. The van der Waals surface area contributed by atoms with Gasteiger partial charge in [-0.15, -0.1) is 0 Å². The zero-order valence-electron chi connectivity index (χ0n) is 6.59. The topological polar surface area (TPSA) is 83.5 Å². The van der Waals surface area contributed by atoms with Crippen LogP contribution in [-0.2, 0) is 7.05 Å². The van der Waals surface area contributed by atoms with E-state index in [1.54, 1.807) is 0 Å². The lowest BCUT2D eigenvalue weighted by Gasteiger charge is -1.94. The first-order chi connectivity index (χ1) is 6.09. The van der Waals surface area contributed by atoms with Gasteiger partial charge in [0.05, 0.1) is 0 Å². The molecule has 2 N–H and O–H groups in total. The van der Waals surface area contributed by atoms with Crippen LogP contribution in [0.1, 0.15) is 0 Å². The maximum absolute atomic E-state index is 11.2. The highest BCUT2D eigenvalue weighted by molar-refractivity contribution is 6.28. The first-order valence-electron chi connectivity index (χ1n) is 3.44. The van der Waals surface area contributed by atoms with Gasteiger partial charge >= 0.3 is 5.69 Å². The van der Waals surface area contributed by atoms with Crippen LogP contribution in [0.5, 0.6) is 0 Å². The van der Waals surface area contributed by atoms with Crippen molar-refractivity contribution in [3.8, 4) is 0 Å². The third kappa shape index (κ3) is 1.06. The number of nitrogens with zero attached hydrogens (tertiary/aromatic N) is 2. The van der Waals surface area contributed by atoms with Gasteiger partial charge in [0.1, 0.15) is 0 Å². The van der Waals surface area contributed by atoms with E-state index in [1.807, 2.05) is 0 Å². The largest absolute Gasteiger partial charge is 0.329 e. The van der Waals surface area contributed by atoms with Crippen molar-refractivity contribution < 1.29 is 0 Å². The molecule has 2 heterocycles. The average Bonchev–Trinajstić information content (AvgIpc) is 2.44. The average molecular weight is 201 g/mol. The maximum atomic E-state index is 11.2. The van der Waals surface area contributed by atoms with Crippen molar-refractivity contribution >= 4 is 22.8 Å². The Balaban J connectivity index is 3.13. The number of hydrogen-bond donors (Lipinski definition) is 2. The number of hydrogen-bond acceptors (Lipinski definition) is 3. The third-order valence-electron chi connectivity index (χ3n) is 1.73. The molecule has 0 saturated heterocycles. The minimum atomic E-state index is -0.516.